The standard InChI is InChI=1S/C13H21N3OS.2ClH/c1-3-10(11-14-8-9-18-11)16-12(17)13(4-2)6-5-7-15-13;;/h8-10,15H,3-7H2,1-2H3,(H,16,17);2*1H. The molecular weight excluding hydrogens is 317 g/mol. The molecule has 0 aliphatic carbocycles. The lowest BCUT2D eigenvalue weighted by molar-refractivity contribution is -0.128. The SMILES string of the molecule is CCC(NC(=O)C1(CC)CCCN1)c1nccs1.Cl.Cl. The molecule has 7 heteroatoms. The lowest BCUT2D eigenvalue weighted by atomic mass is 9.92. The fraction of sp³-hybridized carbons (Fsp3) is 0.692. The summed E-state index contributed by atoms with van der Waals surface area (Å²) in [5.41, 5.74) is -0.356. The Morgan fingerprint density at radius 2 is 2.30 bits per heavy atom. The van der Waals surface area contributed by atoms with E-state index < -0.39 is 0 Å². The van der Waals surface area contributed by atoms with Crippen molar-refractivity contribution in [3.05, 3.63) is 16.6 Å². The first-order chi connectivity index (χ1) is 8.72. The van der Waals surface area contributed by atoms with Gasteiger partial charge in [0.05, 0.1) is 11.6 Å². The molecule has 116 valence electrons. The molecule has 2 rings (SSSR count). The summed E-state index contributed by atoms with van der Waals surface area (Å²) in [6.45, 7) is 5.09. The van der Waals surface area contributed by atoms with E-state index >= 15 is 0 Å². The quantitative estimate of drug-likeness (QED) is 0.866. The molecule has 1 aliphatic rings. The maximum atomic E-state index is 12.5. The number of amides is 1. The van der Waals surface area contributed by atoms with Crippen LogP contribution in [0.1, 0.15) is 50.6 Å². The predicted molar refractivity (Wildman–Crippen MR) is 88.0 cm³/mol. The average Bonchev–Trinajstić information content (AvgIpc) is 3.06. The Hall–Kier alpha value is -0.360. The summed E-state index contributed by atoms with van der Waals surface area (Å²) >= 11 is 1.60. The normalized spacial score (nSPS) is 22.5. The lowest BCUT2D eigenvalue weighted by Crippen LogP contribution is -2.53. The Labute approximate surface area is 137 Å². The van der Waals surface area contributed by atoms with E-state index in [-0.39, 0.29) is 42.3 Å². The molecule has 2 N–H and O–H groups in total. The Kier molecular flexibility index (Phi) is 8.66. The third-order valence-electron chi connectivity index (χ3n) is 3.75. The molecular formula is C13H23Cl2N3OS. The largest absolute Gasteiger partial charge is 0.345 e. The molecule has 1 aromatic heterocycles. The van der Waals surface area contributed by atoms with Crippen molar-refractivity contribution in [1.82, 2.24) is 15.6 Å². The molecule has 4 nitrogen and oxygen atoms in total. The molecule has 2 heterocycles. The fourth-order valence-electron chi connectivity index (χ4n) is 2.50. The fourth-order valence-corrected chi connectivity index (χ4v) is 3.28. The molecule has 1 amide bonds. The number of rotatable bonds is 5. The van der Waals surface area contributed by atoms with Crippen LogP contribution in [0.15, 0.2) is 11.6 Å². The van der Waals surface area contributed by atoms with E-state index in [0.717, 1.165) is 37.2 Å². The van der Waals surface area contributed by atoms with Crippen LogP contribution in [0.4, 0.5) is 0 Å². The summed E-state index contributed by atoms with van der Waals surface area (Å²) in [6.07, 6.45) is 5.52. The molecule has 2 atom stereocenters. The summed E-state index contributed by atoms with van der Waals surface area (Å²) in [7, 11) is 0. The number of hydrogen-bond donors (Lipinski definition) is 2. The van der Waals surface area contributed by atoms with E-state index in [4.69, 9.17) is 0 Å². The van der Waals surface area contributed by atoms with Crippen molar-refractivity contribution in [3.63, 3.8) is 0 Å². The van der Waals surface area contributed by atoms with Gasteiger partial charge in [-0.3, -0.25) is 4.79 Å². The predicted octanol–water partition coefficient (Wildman–Crippen LogP) is 3.09. The third kappa shape index (κ3) is 4.07. The van der Waals surface area contributed by atoms with Crippen molar-refractivity contribution in [1.29, 1.82) is 0 Å². The second-order valence-electron chi connectivity index (χ2n) is 4.77. The van der Waals surface area contributed by atoms with Crippen LogP contribution >= 0.6 is 36.2 Å². The molecule has 1 aromatic rings. The van der Waals surface area contributed by atoms with Gasteiger partial charge in [-0.15, -0.1) is 36.2 Å². The highest BCUT2D eigenvalue weighted by molar-refractivity contribution is 7.09. The molecule has 0 aromatic carbocycles. The second-order valence-corrected chi connectivity index (χ2v) is 5.70. The van der Waals surface area contributed by atoms with E-state index in [1.54, 1.807) is 17.5 Å². The Morgan fingerprint density at radius 3 is 2.75 bits per heavy atom. The zero-order valence-corrected chi connectivity index (χ0v) is 14.3. The zero-order valence-electron chi connectivity index (χ0n) is 11.8. The number of aromatic nitrogens is 1. The van der Waals surface area contributed by atoms with Crippen molar-refractivity contribution in [2.24, 2.45) is 0 Å². The highest BCUT2D eigenvalue weighted by Crippen LogP contribution is 2.26. The minimum absolute atomic E-state index is 0. The summed E-state index contributed by atoms with van der Waals surface area (Å²) in [6, 6.07) is 0.0447. The molecule has 0 radical (unpaired) electrons. The van der Waals surface area contributed by atoms with E-state index in [9.17, 15) is 4.79 Å². The van der Waals surface area contributed by atoms with E-state index in [1.807, 2.05) is 5.38 Å². The molecule has 2 unspecified atom stereocenters. The average molecular weight is 340 g/mol. The van der Waals surface area contributed by atoms with Crippen LogP contribution in [-0.2, 0) is 4.79 Å². The van der Waals surface area contributed by atoms with Crippen molar-refractivity contribution in [2.45, 2.75) is 51.1 Å². The van der Waals surface area contributed by atoms with Crippen LogP contribution in [-0.4, -0.2) is 23.0 Å². The molecule has 1 fully saturated rings. The maximum Gasteiger partial charge on any atom is 0.240 e. The van der Waals surface area contributed by atoms with Crippen molar-refractivity contribution >= 4 is 42.1 Å². The number of carbonyl (C=O) groups excluding carboxylic acids is 1. The number of hydrogen-bond acceptors (Lipinski definition) is 4. The minimum Gasteiger partial charge on any atom is -0.345 e. The minimum atomic E-state index is -0.356. The number of nitrogens with zero attached hydrogens (tertiary/aromatic N) is 1. The first kappa shape index (κ1) is 19.6. The lowest BCUT2D eigenvalue weighted by Gasteiger charge is -2.28. The van der Waals surface area contributed by atoms with Crippen LogP contribution in [0.2, 0.25) is 0 Å². The van der Waals surface area contributed by atoms with Gasteiger partial charge in [-0.1, -0.05) is 13.8 Å². The third-order valence-corrected chi connectivity index (χ3v) is 4.63. The maximum absolute atomic E-state index is 12.5. The van der Waals surface area contributed by atoms with Crippen LogP contribution in [0.5, 0.6) is 0 Å². The monoisotopic (exact) mass is 339 g/mol. The van der Waals surface area contributed by atoms with Gasteiger partial charge in [-0.2, -0.15) is 0 Å². The van der Waals surface area contributed by atoms with Crippen LogP contribution < -0.4 is 10.6 Å². The number of thiazole rings is 1. The second kappa shape index (κ2) is 8.82. The van der Waals surface area contributed by atoms with Crippen molar-refractivity contribution in [3.8, 4) is 0 Å². The zero-order chi connectivity index (χ0) is 13.0. The molecule has 0 spiro atoms. The molecule has 20 heavy (non-hydrogen) atoms. The molecule has 0 bridgehead atoms. The van der Waals surface area contributed by atoms with E-state index in [2.05, 4.69) is 29.5 Å². The van der Waals surface area contributed by atoms with Gasteiger partial charge in [0.15, 0.2) is 0 Å². The van der Waals surface area contributed by atoms with Crippen LogP contribution in [0, 0.1) is 0 Å². The van der Waals surface area contributed by atoms with Crippen molar-refractivity contribution in [2.75, 3.05) is 6.54 Å². The van der Waals surface area contributed by atoms with Crippen LogP contribution in [0.25, 0.3) is 0 Å². The Balaban J connectivity index is 0.00000180. The van der Waals surface area contributed by atoms with Gasteiger partial charge < -0.3 is 10.6 Å². The van der Waals surface area contributed by atoms with E-state index in [1.165, 1.54) is 0 Å². The first-order valence-electron chi connectivity index (χ1n) is 6.67. The molecule has 0 saturated carbocycles. The first-order valence-corrected chi connectivity index (χ1v) is 7.55. The highest BCUT2D eigenvalue weighted by atomic mass is 35.5. The van der Waals surface area contributed by atoms with Gasteiger partial charge in [0.1, 0.15) is 5.01 Å². The summed E-state index contributed by atoms with van der Waals surface area (Å²) in [5.74, 6) is 0.129. The number of nitrogens with one attached hydrogen (secondary N) is 2. The topological polar surface area (TPSA) is 54.0 Å². The Bertz CT molecular complexity index is 394. The van der Waals surface area contributed by atoms with Gasteiger partial charge in [0, 0.05) is 11.6 Å². The summed E-state index contributed by atoms with van der Waals surface area (Å²) in [5, 5.41) is 9.46. The van der Waals surface area contributed by atoms with Gasteiger partial charge in [0.25, 0.3) is 0 Å². The van der Waals surface area contributed by atoms with Gasteiger partial charge in [-0.05, 0) is 32.2 Å². The van der Waals surface area contributed by atoms with Crippen LogP contribution in [0.3, 0.4) is 0 Å². The van der Waals surface area contributed by atoms with E-state index in [0.29, 0.717) is 0 Å². The highest BCUT2D eigenvalue weighted by Gasteiger charge is 2.39. The van der Waals surface area contributed by atoms with Gasteiger partial charge >= 0.3 is 0 Å². The van der Waals surface area contributed by atoms with Gasteiger partial charge in [0.2, 0.25) is 5.91 Å². The van der Waals surface area contributed by atoms with Gasteiger partial charge in [-0.25, -0.2) is 4.98 Å². The molecule has 1 saturated heterocycles. The Morgan fingerprint density at radius 1 is 1.55 bits per heavy atom. The summed E-state index contributed by atoms with van der Waals surface area (Å²) in [4.78, 5) is 16.8. The number of halogens is 2. The summed E-state index contributed by atoms with van der Waals surface area (Å²) < 4.78 is 0. The molecule has 1 aliphatic heterocycles. The van der Waals surface area contributed by atoms with Crippen molar-refractivity contribution < 1.29 is 4.79 Å². The smallest absolute Gasteiger partial charge is 0.240 e. The number of carbonyl (C=O) groups is 1.